The number of benzene rings is 2. The van der Waals surface area contributed by atoms with Gasteiger partial charge in [-0.2, -0.15) is 8.78 Å². The van der Waals surface area contributed by atoms with Crippen LogP contribution < -0.4 is 19.5 Å². The highest BCUT2D eigenvalue weighted by atomic mass is 32.2. The van der Waals surface area contributed by atoms with Gasteiger partial charge in [-0.3, -0.25) is 4.79 Å². The lowest BCUT2D eigenvalue weighted by Crippen LogP contribution is -2.20. The van der Waals surface area contributed by atoms with E-state index in [4.69, 9.17) is 9.47 Å². The minimum Gasteiger partial charge on any atom is -0.495 e. The molecule has 0 saturated heterocycles. The van der Waals surface area contributed by atoms with Crippen molar-refractivity contribution in [1.29, 1.82) is 0 Å². The second-order valence-corrected chi connectivity index (χ2v) is 7.86. The minimum absolute atomic E-state index is 0.0706. The number of carbonyl (C=O) groups excluding carboxylic acids is 2. The number of anilines is 1. The largest absolute Gasteiger partial charge is 0.495 e. The predicted molar refractivity (Wildman–Crippen MR) is 111 cm³/mol. The van der Waals surface area contributed by atoms with E-state index in [-0.39, 0.29) is 16.4 Å². The van der Waals surface area contributed by atoms with Gasteiger partial charge in [-0.1, -0.05) is 6.07 Å². The fraction of sp³-hybridized carbons (Fsp3) is 0.200. The molecule has 0 atom stereocenters. The number of ether oxygens (including phenoxy) is 3. The van der Waals surface area contributed by atoms with E-state index in [1.165, 1.54) is 62.7 Å². The molecule has 2 rings (SSSR count). The van der Waals surface area contributed by atoms with Gasteiger partial charge in [0.15, 0.2) is 6.61 Å². The molecule has 0 spiro atoms. The third kappa shape index (κ3) is 7.32. The Labute approximate surface area is 183 Å². The van der Waals surface area contributed by atoms with Gasteiger partial charge in [-0.15, -0.1) is 0 Å². The summed E-state index contributed by atoms with van der Waals surface area (Å²) in [6.07, 6.45) is 2.34. The van der Waals surface area contributed by atoms with Gasteiger partial charge < -0.3 is 19.5 Å². The van der Waals surface area contributed by atoms with Crippen LogP contribution in [0.3, 0.4) is 0 Å². The average Bonchev–Trinajstić information content (AvgIpc) is 2.77. The van der Waals surface area contributed by atoms with Gasteiger partial charge in [0.05, 0.1) is 7.11 Å². The zero-order valence-corrected chi connectivity index (χ0v) is 17.8. The highest BCUT2D eigenvalue weighted by Gasteiger charge is 2.17. The van der Waals surface area contributed by atoms with Gasteiger partial charge in [0, 0.05) is 11.8 Å². The molecule has 0 aromatic heterocycles. The Morgan fingerprint density at radius 2 is 1.81 bits per heavy atom. The summed E-state index contributed by atoms with van der Waals surface area (Å²) in [5, 5.41) is 2.42. The third-order valence-corrected chi connectivity index (χ3v) is 5.30. The molecular weight excluding hydrogens is 450 g/mol. The van der Waals surface area contributed by atoms with Gasteiger partial charge in [-0.25, -0.2) is 17.9 Å². The van der Waals surface area contributed by atoms with Crippen LogP contribution in [-0.2, 0) is 24.3 Å². The molecule has 0 heterocycles. The van der Waals surface area contributed by atoms with E-state index in [0.717, 1.165) is 6.08 Å². The zero-order valence-electron chi connectivity index (χ0n) is 17.0. The van der Waals surface area contributed by atoms with Crippen molar-refractivity contribution in [2.75, 3.05) is 26.1 Å². The topological polar surface area (TPSA) is 120 Å². The molecule has 1 amide bonds. The Morgan fingerprint density at radius 3 is 2.41 bits per heavy atom. The predicted octanol–water partition coefficient (Wildman–Crippen LogP) is 2.40. The fourth-order valence-corrected chi connectivity index (χ4v) is 3.31. The number of nitrogens with one attached hydrogen (secondary N) is 2. The van der Waals surface area contributed by atoms with E-state index in [9.17, 15) is 26.8 Å². The van der Waals surface area contributed by atoms with Crippen LogP contribution in [-0.4, -0.2) is 47.7 Å². The first-order valence-electron chi connectivity index (χ1n) is 8.95. The molecule has 0 fully saturated rings. The Kier molecular flexibility index (Phi) is 8.67. The lowest BCUT2D eigenvalue weighted by Gasteiger charge is -2.09. The average molecular weight is 470 g/mol. The first-order valence-corrected chi connectivity index (χ1v) is 10.4. The van der Waals surface area contributed by atoms with Crippen molar-refractivity contribution < 1.29 is 41.0 Å². The van der Waals surface area contributed by atoms with Crippen molar-refractivity contribution in [2.24, 2.45) is 0 Å². The Hall–Kier alpha value is -3.51. The maximum absolute atomic E-state index is 12.1. The smallest absolute Gasteiger partial charge is 0.387 e. The number of esters is 1. The highest BCUT2D eigenvalue weighted by Crippen LogP contribution is 2.25. The van der Waals surface area contributed by atoms with E-state index < -0.39 is 35.1 Å². The van der Waals surface area contributed by atoms with Gasteiger partial charge in [0.1, 0.15) is 16.4 Å². The Balaban J connectivity index is 1.92. The van der Waals surface area contributed by atoms with Gasteiger partial charge in [0.25, 0.3) is 5.91 Å². The van der Waals surface area contributed by atoms with Crippen LogP contribution >= 0.6 is 0 Å². The molecule has 0 unspecified atom stereocenters. The van der Waals surface area contributed by atoms with Crippen LogP contribution in [0, 0.1) is 0 Å². The molecule has 32 heavy (non-hydrogen) atoms. The highest BCUT2D eigenvalue weighted by molar-refractivity contribution is 7.89. The van der Waals surface area contributed by atoms with Crippen molar-refractivity contribution in [3.05, 3.63) is 54.1 Å². The molecule has 0 saturated carbocycles. The zero-order chi connectivity index (χ0) is 23.7. The molecule has 0 aliphatic heterocycles. The molecule has 0 aliphatic rings. The van der Waals surface area contributed by atoms with Crippen LogP contribution in [0.1, 0.15) is 5.56 Å². The van der Waals surface area contributed by atoms with E-state index in [0.29, 0.717) is 11.3 Å². The lowest BCUT2D eigenvalue weighted by atomic mass is 10.2. The third-order valence-electron chi connectivity index (χ3n) is 3.87. The van der Waals surface area contributed by atoms with Crippen LogP contribution in [0.5, 0.6) is 11.5 Å². The Bertz CT molecular complexity index is 1090. The summed E-state index contributed by atoms with van der Waals surface area (Å²) in [5.74, 6) is -1.43. The minimum atomic E-state index is -3.79. The fourth-order valence-electron chi connectivity index (χ4n) is 2.38. The molecule has 9 nitrogen and oxygen atoms in total. The summed E-state index contributed by atoms with van der Waals surface area (Å²) < 4.78 is 64.6. The molecule has 2 aromatic carbocycles. The normalized spacial score (nSPS) is 11.4. The summed E-state index contributed by atoms with van der Waals surface area (Å²) in [4.78, 5) is 23.6. The summed E-state index contributed by atoms with van der Waals surface area (Å²) >= 11 is 0. The number of hydrogen-bond donors (Lipinski definition) is 2. The number of methoxy groups -OCH3 is 1. The summed E-state index contributed by atoms with van der Waals surface area (Å²) in [7, 11) is -1.20. The second kappa shape index (κ2) is 11.2. The molecule has 0 bridgehead atoms. The number of sulfonamides is 1. The van der Waals surface area contributed by atoms with Gasteiger partial charge in [-0.05, 0) is 55.1 Å². The molecule has 0 radical (unpaired) electrons. The standard InChI is InChI=1S/C20H20F2N2O7S/c1-23-32(27,28)17-11-13(3-9-16(17)29-2)4-10-19(26)30-12-18(25)24-14-5-7-15(8-6-14)31-20(21)22/h3-11,20,23H,12H2,1-2H3,(H,24,25)/b10-4+. The van der Waals surface area contributed by atoms with Crippen LogP contribution in [0.2, 0.25) is 0 Å². The quantitative estimate of drug-likeness (QED) is 0.404. The Morgan fingerprint density at radius 1 is 1.12 bits per heavy atom. The number of carbonyl (C=O) groups is 2. The first kappa shape index (κ1) is 24.8. The maximum Gasteiger partial charge on any atom is 0.387 e. The van der Waals surface area contributed by atoms with E-state index in [1.54, 1.807) is 0 Å². The van der Waals surface area contributed by atoms with Crippen molar-refractivity contribution in [2.45, 2.75) is 11.5 Å². The summed E-state index contributed by atoms with van der Waals surface area (Å²) in [6.45, 7) is -3.55. The number of hydrogen-bond acceptors (Lipinski definition) is 7. The summed E-state index contributed by atoms with van der Waals surface area (Å²) in [5.41, 5.74) is 0.673. The second-order valence-electron chi connectivity index (χ2n) is 6.01. The lowest BCUT2D eigenvalue weighted by molar-refractivity contribution is -0.142. The van der Waals surface area contributed by atoms with Gasteiger partial charge in [0.2, 0.25) is 10.0 Å². The van der Waals surface area contributed by atoms with E-state index in [1.807, 2.05) is 0 Å². The van der Waals surface area contributed by atoms with Crippen molar-refractivity contribution in [3.63, 3.8) is 0 Å². The number of amides is 1. The number of halogens is 2. The first-order chi connectivity index (χ1) is 15.1. The molecule has 2 aromatic rings. The molecule has 12 heteroatoms. The SMILES string of the molecule is CNS(=O)(=O)c1cc(/C=C/C(=O)OCC(=O)Nc2ccc(OC(F)F)cc2)ccc1OC. The maximum atomic E-state index is 12.1. The van der Waals surface area contributed by atoms with E-state index >= 15 is 0 Å². The summed E-state index contributed by atoms with van der Waals surface area (Å²) in [6, 6.07) is 9.45. The van der Waals surface area contributed by atoms with Crippen LogP contribution in [0.25, 0.3) is 6.08 Å². The number of alkyl halides is 2. The molecule has 172 valence electrons. The molecular formula is C20H20F2N2O7S. The van der Waals surface area contributed by atoms with E-state index in [2.05, 4.69) is 14.8 Å². The van der Waals surface area contributed by atoms with Gasteiger partial charge >= 0.3 is 12.6 Å². The van der Waals surface area contributed by atoms with Crippen molar-refractivity contribution in [3.8, 4) is 11.5 Å². The van der Waals surface area contributed by atoms with Crippen LogP contribution in [0.15, 0.2) is 53.4 Å². The van der Waals surface area contributed by atoms with Crippen molar-refractivity contribution >= 4 is 33.7 Å². The van der Waals surface area contributed by atoms with Crippen molar-refractivity contribution in [1.82, 2.24) is 4.72 Å². The molecule has 0 aliphatic carbocycles. The monoisotopic (exact) mass is 470 g/mol. The van der Waals surface area contributed by atoms with Crippen LogP contribution in [0.4, 0.5) is 14.5 Å². The molecule has 2 N–H and O–H groups in total. The number of rotatable bonds is 10.